The van der Waals surface area contributed by atoms with Gasteiger partial charge in [-0.3, -0.25) is 20.1 Å². The third-order valence-electron chi connectivity index (χ3n) is 5.49. The lowest BCUT2D eigenvalue weighted by atomic mass is 10.1. The van der Waals surface area contributed by atoms with Crippen molar-refractivity contribution in [1.82, 2.24) is 30.1 Å². The zero-order valence-electron chi connectivity index (χ0n) is 18.1. The molecule has 0 unspecified atom stereocenters. The molecule has 3 N–H and O–H groups in total. The maximum absolute atomic E-state index is 4.64. The molecular formula is C25H21N7S. The zero-order chi connectivity index (χ0) is 22.4. The van der Waals surface area contributed by atoms with Crippen molar-refractivity contribution in [3.05, 3.63) is 66.6 Å². The number of anilines is 1. The van der Waals surface area contributed by atoms with E-state index in [2.05, 4.69) is 78.9 Å². The average molecular weight is 452 g/mol. The molecule has 0 aliphatic carbocycles. The Kier molecular flexibility index (Phi) is 4.66. The number of thiophene rings is 1. The number of hydrogen-bond acceptors (Lipinski definition) is 6. The van der Waals surface area contributed by atoms with E-state index >= 15 is 0 Å². The van der Waals surface area contributed by atoms with E-state index in [1.165, 1.54) is 0 Å². The molecule has 0 saturated heterocycles. The van der Waals surface area contributed by atoms with Gasteiger partial charge in [0.1, 0.15) is 5.69 Å². The largest absolute Gasteiger partial charge is 0.382 e. The van der Waals surface area contributed by atoms with Gasteiger partial charge in [0.15, 0.2) is 0 Å². The van der Waals surface area contributed by atoms with E-state index in [-0.39, 0.29) is 0 Å². The van der Waals surface area contributed by atoms with Gasteiger partial charge in [-0.2, -0.15) is 5.10 Å². The molecule has 0 saturated carbocycles. The number of pyridine rings is 3. The van der Waals surface area contributed by atoms with Gasteiger partial charge in [0.2, 0.25) is 0 Å². The van der Waals surface area contributed by atoms with Crippen LogP contribution < -0.4 is 5.32 Å². The van der Waals surface area contributed by atoms with Crippen LogP contribution in [0.15, 0.2) is 66.6 Å². The molecule has 6 aromatic heterocycles. The van der Waals surface area contributed by atoms with Crippen LogP contribution >= 0.6 is 11.3 Å². The van der Waals surface area contributed by atoms with E-state index in [0.717, 1.165) is 60.7 Å². The van der Waals surface area contributed by atoms with Crippen molar-refractivity contribution in [2.75, 3.05) is 5.32 Å². The molecule has 0 fully saturated rings. The van der Waals surface area contributed by atoms with E-state index in [1.54, 1.807) is 11.3 Å². The Morgan fingerprint density at radius 3 is 2.70 bits per heavy atom. The summed E-state index contributed by atoms with van der Waals surface area (Å²) in [5, 5.41) is 15.3. The molecule has 0 aliphatic heterocycles. The summed E-state index contributed by atoms with van der Waals surface area (Å²) in [4.78, 5) is 18.3. The lowest BCUT2D eigenvalue weighted by Gasteiger charge is -2.10. The summed E-state index contributed by atoms with van der Waals surface area (Å²) in [5.41, 5.74) is 7.46. The number of aromatic amines is 2. The second-order valence-electron chi connectivity index (χ2n) is 8.23. The normalized spacial score (nSPS) is 11.6. The second kappa shape index (κ2) is 7.83. The van der Waals surface area contributed by atoms with Gasteiger partial charge in [-0.05, 0) is 49.6 Å². The standard InChI is InChI=1S/C25H21N7S/c1-14(2)29-16-8-15(11-26-12-16)20-9-18-22(13-28-20)31-32-24(18)21-10-17-19(30-21)5-6-27-25(17)23-4-3-7-33-23/h3-14,29-30H,1-2H3,(H,31,32). The van der Waals surface area contributed by atoms with Gasteiger partial charge in [0.25, 0.3) is 0 Å². The average Bonchev–Trinajstić information content (AvgIpc) is 3.57. The highest BCUT2D eigenvalue weighted by molar-refractivity contribution is 7.13. The second-order valence-corrected chi connectivity index (χ2v) is 9.18. The Bertz CT molecular complexity index is 1580. The molecule has 6 heterocycles. The minimum Gasteiger partial charge on any atom is -0.382 e. The Labute approximate surface area is 194 Å². The summed E-state index contributed by atoms with van der Waals surface area (Å²) < 4.78 is 0. The number of aromatic nitrogens is 6. The van der Waals surface area contributed by atoms with Crippen LogP contribution in [0.1, 0.15) is 13.8 Å². The molecule has 0 spiro atoms. The Balaban J connectivity index is 1.45. The van der Waals surface area contributed by atoms with Crippen LogP contribution in [0.4, 0.5) is 5.69 Å². The molecule has 33 heavy (non-hydrogen) atoms. The fourth-order valence-corrected chi connectivity index (χ4v) is 4.80. The highest BCUT2D eigenvalue weighted by atomic mass is 32.1. The van der Waals surface area contributed by atoms with E-state index in [1.807, 2.05) is 36.9 Å². The number of hydrogen-bond donors (Lipinski definition) is 3. The first-order valence-corrected chi connectivity index (χ1v) is 11.6. The van der Waals surface area contributed by atoms with Crippen molar-refractivity contribution in [1.29, 1.82) is 0 Å². The van der Waals surface area contributed by atoms with E-state index in [9.17, 15) is 0 Å². The summed E-state index contributed by atoms with van der Waals surface area (Å²) in [5.74, 6) is 0. The van der Waals surface area contributed by atoms with Crippen LogP contribution in [0.3, 0.4) is 0 Å². The SMILES string of the molecule is CC(C)Nc1cncc(-c2cc3c(-c4cc5c(-c6cccs6)nccc5[nH]4)n[nH]c3cn2)c1. The third-order valence-corrected chi connectivity index (χ3v) is 6.37. The third kappa shape index (κ3) is 3.54. The first-order valence-electron chi connectivity index (χ1n) is 10.7. The molecule has 0 atom stereocenters. The molecule has 8 heteroatoms. The molecule has 0 aliphatic rings. The molecular weight excluding hydrogens is 430 g/mol. The van der Waals surface area contributed by atoms with Crippen LogP contribution in [-0.4, -0.2) is 36.2 Å². The van der Waals surface area contributed by atoms with E-state index in [4.69, 9.17) is 0 Å². The lowest BCUT2D eigenvalue weighted by Crippen LogP contribution is -2.09. The van der Waals surface area contributed by atoms with Crippen molar-refractivity contribution in [3.8, 4) is 33.2 Å². The number of fused-ring (bicyclic) bond motifs is 2. The maximum atomic E-state index is 4.64. The quantitative estimate of drug-likeness (QED) is 0.294. The van der Waals surface area contributed by atoms with Gasteiger partial charge in [0.05, 0.1) is 39.4 Å². The molecule has 6 aromatic rings. The number of H-pyrrole nitrogens is 2. The Morgan fingerprint density at radius 2 is 1.85 bits per heavy atom. The molecule has 0 radical (unpaired) electrons. The molecule has 7 nitrogen and oxygen atoms in total. The smallest absolute Gasteiger partial charge is 0.116 e. The summed E-state index contributed by atoms with van der Waals surface area (Å²) in [6, 6.07) is 12.7. The lowest BCUT2D eigenvalue weighted by molar-refractivity contribution is 0.898. The Hall–Kier alpha value is -4.04. The number of nitrogens with one attached hydrogen (secondary N) is 3. The van der Waals surface area contributed by atoms with Gasteiger partial charge < -0.3 is 10.3 Å². The summed E-state index contributed by atoms with van der Waals surface area (Å²) in [6.45, 7) is 4.21. The van der Waals surface area contributed by atoms with Gasteiger partial charge in [-0.1, -0.05) is 6.07 Å². The first kappa shape index (κ1) is 19.6. The minimum atomic E-state index is 0.327. The van der Waals surface area contributed by atoms with Crippen LogP contribution in [0.25, 0.3) is 55.0 Å². The maximum Gasteiger partial charge on any atom is 0.116 e. The van der Waals surface area contributed by atoms with Gasteiger partial charge in [-0.25, -0.2) is 0 Å². The van der Waals surface area contributed by atoms with E-state index in [0.29, 0.717) is 6.04 Å². The Morgan fingerprint density at radius 1 is 0.939 bits per heavy atom. The highest BCUT2D eigenvalue weighted by Gasteiger charge is 2.16. The van der Waals surface area contributed by atoms with Crippen molar-refractivity contribution in [2.45, 2.75) is 19.9 Å². The van der Waals surface area contributed by atoms with Gasteiger partial charge in [0, 0.05) is 46.5 Å². The van der Waals surface area contributed by atoms with Gasteiger partial charge >= 0.3 is 0 Å². The molecule has 6 rings (SSSR count). The van der Waals surface area contributed by atoms with E-state index < -0.39 is 0 Å². The summed E-state index contributed by atoms with van der Waals surface area (Å²) in [7, 11) is 0. The van der Waals surface area contributed by atoms with Crippen LogP contribution in [0.2, 0.25) is 0 Å². The topological polar surface area (TPSA) is 95.2 Å². The fourth-order valence-electron chi connectivity index (χ4n) is 4.06. The molecule has 0 aromatic carbocycles. The monoisotopic (exact) mass is 451 g/mol. The first-order chi connectivity index (χ1) is 16.2. The van der Waals surface area contributed by atoms with Crippen molar-refractivity contribution in [3.63, 3.8) is 0 Å². The number of nitrogens with zero attached hydrogens (tertiary/aromatic N) is 4. The molecule has 0 amide bonds. The predicted molar refractivity (Wildman–Crippen MR) is 134 cm³/mol. The van der Waals surface area contributed by atoms with Crippen molar-refractivity contribution >= 4 is 38.8 Å². The minimum absolute atomic E-state index is 0.327. The molecule has 162 valence electrons. The van der Waals surface area contributed by atoms with Gasteiger partial charge in [-0.15, -0.1) is 11.3 Å². The summed E-state index contributed by atoms with van der Waals surface area (Å²) >= 11 is 1.69. The van der Waals surface area contributed by atoms with Crippen molar-refractivity contribution in [2.24, 2.45) is 0 Å². The molecule has 0 bridgehead atoms. The highest BCUT2D eigenvalue weighted by Crippen LogP contribution is 2.35. The number of rotatable bonds is 5. The predicted octanol–water partition coefficient (Wildman–Crippen LogP) is 6.11. The zero-order valence-corrected chi connectivity index (χ0v) is 18.9. The van der Waals surface area contributed by atoms with Crippen LogP contribution in [0, 0.1) is 0 Å². The van der Waals surface area contributed by atoms with Crippen molar-refractivity contribution < 1.29 is 0 Å². The van der Waals surface area contributed by atoms with Crippen LogP contribution in [-0.2, 0) is 0 Å². The fraction of sp³-hybridized carbons (Fsp3) is 0.120. The summed E-state index contributed by atoms with van der Waals surface area (Å²) in [6.07, 6.45) is 7.33. The van der Waals surface area contributed by atoms with Crippen LogP contribution in [0.5, 0.6) is 0 Å².